The molecular formula is C15H30N2. The van der Waals surface area contributed by atoms with Gasteiger partial charge in [-0.15, -0.1) is 0 Å². The second-order valence-electron chi connectivity index (χ2n) is 6.34. The molecule has 0 spiro atoms. The van der Waals surface area contributed by atoms with E-state index < -0.39 is 0 Å². The summed E-state index contributed by atoms with van der Waals surface area (Å²) >= 11 is 0. The normalized spacial score (nSPS) is 33.9. The number of likely N-dealkylation sites (tertiary alicyclic amines) is 1. The third-order valence-corrected chi connectivity index (χ3v) is 4.92. The van der Waals surface area contributed by atoms with Crippen LogP contribution in [0.3, 0.4) is 0 Å². The van der Waals surface area contributed by atoms with E-state index in [0.717, 1.165) is 30.1 Å². The Bertz CT molecular complexity index is 237. The first-order valence-electron chi connectivity index (χ1n) is 7.64. The van der Waals surface area contributed by atoms with Crippen LogP contribution < -0.4 is 5.32 Å². The van der Waals surface area contributed by atoms with Crippen molar-refractivity contribution in [1.29, 1.82) is 0 Å². The maximum atomic E-state index is 3.68. The van der Waals surface area contributed by atoms with E-state index in [2.05, 4.69) is 37.9 Å². The Morgan fingerprint density at radius 3 is 2.47 bits per heavy atom. The molecule has 0 aromatic carbocycles. The minimum absolute atomic E-state index is 0.726. The van der Waals surface area contributed by atoms with Gasteiger partial charge in [0, 0.05) is 24.2 Å². The van der Waals surface area contributed by atoms with Crippen LogP contribution in [0, 0.1) is 5.92 Å². The fourth-order valence-corrected chi connectivity index (χ4v) is 3.34. The predicted octanol–water partition coefficient (Wildman–Crippen LogP) is 3.03. The summed E-state index contributed by atoms with van der Waals surface area (Å²) in [5, 5.41) is 3.68. The Morgan fingerprint density at radius 1 is 1.18 bits per heavy atom. The van der Waals surface area contributed by atoms with Gasteiger partial charge in [-0.2, -0.15) is 0 Å². The van der Waals surface area contributed by atoms with Gasteiger partial charge in [0.25, 0.3) is 0 Å². The average Bonchev–Trinajstić information content (AvgIpc) is 3.08. The monoisotopic (exact) mass is 238 g/mol. The van der Waals surface area contributed by atoms with Gasteiger partial charge in [0.1, 0.15) is 0 Å². The highest BCUT2D eigenvalue weighted by atomic mass is 15.2. The van der Waals surface area contributed by atoms with Gasteiger partial charge in [0.2, 0.25) is 0 Å². The van der Waals surface area contributed by atoms with Gasteiger partial charge in [-0.3, -0.25) is 4.90 Å². The highest BCUT2D eigenvalue weighted by molar-refractivity contribution is 4.90. The maximum absolute atomic E-state index is 3.68. The van der Waals surface area contributed by atoms with E-state index in [0.29, 0.717) is 0 Å². The van der Waals surface area contributed by atoms with Crippen LogP contribution in [0.5, 0.6) is 0 Å². The summed E-state index contributed by atoms with van der Waals surface area (Å²) in [5.41, 5.74) is 0. The molecule has 0 amide bonds. The molecule has 17 heavy (non-hydrogen) atoms. The maximum Gasteiger partial charge on any atom is 0.0110 e. The lowest BCUT2D eigenvalue weighted by atomic mass is 9.99. The van der Waals surface area contributed by atoms with Crippen molar-refractivity contribution in [2.24, 2.45) is 5.92 Å². The topological polar surface area (TPSA) is 15.3 Å². The molecule has 0 aromatic rings. The average molecular weight is 238 g/mol. The summed E-state index contributed by atoms with van der Waals surface area (Å²) < 4.78 is 0. The third kappa shape index (κ3) is 3.23. The molecule has 1 aliphatic carbocycles. The zero-order chi connectivity index (χ0) is 12.4. The summed E-state index contributed by atoms with van der Waals surface area (Å²) in [7, 11) is 0. The van der Waals surface area contributed by atoms with Crippen LogP contribution in [0.2, 0.25) is 0 Å². The second kappa shape index (κ2) is 5.71. The SMILES string of the molecule is CCC1CCC(C)N1C(C)C(C)CNC1CC1. The van der Waals surface area contributed by atoms with Crippen molar-refractivity contribution in [1.82, 2.24) is 10.2 Å². The molecule has 100 valence electrons. The van der Waals surface area contributed by atoms with Crippen LogP contribution in [0.25, 0.3) is 0 Å². The lowest BCUT2D eigenvalue weighted by Crippen LogP contribution is -2.46. The molecule has 0 aromatic heterocycles. The van der Waals surface area contributed by atoms with Gasteiger partial charge in [-0.05, 0) is 58.4 Å². The zero-order valence-electron chi connectivity index (χ0n) is 12.1. The standard InChI is InChI=1S/C15H30N2/c1-5-15-9-6-12(3)17(15)13(4)11(2)10-16-14-7-8-14/h11-16H,5-10H2,1-4H3. The summed E-state index contributed by atoms with van der Waals surface area (Å²) in [6, 6.07) is 3.20. The van der Waals surface area contributed by atoms with Gasteiger partial charge in [0.15, 0.2) is 0 Å². The van der Waals surface area contributed by atoms with Crippen LogP contribution in [0.1, 0.15) is 59.8 Å². The molecule has 2 nitrogen and oxygen atoms in total. The molecule has 4 atom stereocenters. The molecule has 4 unspecified atom stereocenters. The van der Waals surface area contributed by atoms with Gasteiger partial charge >= 0.3 is 0 Å². The first-order valence-corrected chi connectivity index (χ1v) is 7.64. The molecule has 2 heteroatoms. The van der Waals surface area contributed by atoms with E-state index in [-0.39, 0.29) is 0 Å². The van der Waals surface area contributed by atoms with Crippen LogP contribution in [0.4, 0.5) is 0 Å². The van der Waals surface area contributed by atoms with E-state index in [9.17, 15) is 0 Å². The first-order chi connectivity index (χ1) is 8.13. The Hall–Kier alpha value is -0.0800. The lowest BCUT2D eigenvalue weighted by Gasteiger charge is -2.37. The van der Waals surface area contributed by atoms with Crippen molar-refractivity contribution in [3.05, 3.63) is 0 Å². The van der Waals surface area contributed by atoms with E-state index in [1.54, 1.807) is 0 Å². The fourth-order valence-electron chi connectivity index (χ4n) is 3.34. The molecule has 2 rings (SSSR count). The molecule has 1 heterocycles. The Balaban J connectivity index is 1.84. The number of nitrogens with one attached hydrogen (secondary N) is 1. The van der Waals surface area contributed by atoms with Crippen LogP contribution in [-0.4, -0.2) is 35.6 Å². The molecule has 1 saturated carbocycles. The number of hydrogen-bond acceptors (Lipinski definition) is 2. The Kier molecular flexibility index (Phi) is 4.48. The third-order valence-electron chi connectivity index (χ3n) is 4.92. The van der Waals surface area contributed by atoms with Crippen LogP contribution in [-0.2, 0) is 0 Å². The Labute approximate surface area is 107 Å². The van der Waals surface area contributed by atoms with Crippen LogP contribution >= 0.6 is 0 Å². The lowest BCUT2D eigenvalue weighted by molar-refractivity contribution is 0.106. The molecule has 1 aliphatic heterocycles. The number of hydrogen-bond donors (Lipinski definition) is 1. The van der Waals surface area contributed by atoms with Gasteiger partial charge in [-0.1, -0.05) is 13.8 Å². The Morgan fingerprint density at radius 2 is 1.88 bits per heavy atom. The van der Waals surface area contributed by atoms with Crippen molar-refractivity contribution in [3.63, 3.8) is 0 Å². The predicted molar refractivity (Wildman–Crippen MR) is 74.3 cm³/mol. The van der Waals surface area contributed by atoms with E-state index in [1.807, 2.05) is 0 Å². The number of nitrogens with zero attached hydrogens (tertiary/aromatic N) is 1. The molecule has 1 N–H and O–H groups in total. The van der Waals surface area contributed by atoms with E-state index in [4.69, 9.17) is 0 Å². The summed E-state index contributed by atoms with van der Waals surface area (Å²) in [6.45, 7) is 10.8. The minimum atomic E-state index is 0.726. The highest BCUT2D eigenvalue weighted by Crippen LogP contribution is 2.30. The van der Waals surface area contributed by atoms with Crippen molar-refractivity contribution >= 4 is 0 Å². The van der Waals surface area contributed by atoms with Crippen molar-refractivity contribution < 1.29 is 0 Å². The largest absolute Gasteiger partial charge is 0.314 e. The summed E-state index contributed by atoms with van der Waals surface area (Å²) in [4.78, 5) is 2.79. The van der Waals surface area contributed by atoms with Crippen molar-refractivity contribution in [2.75, 3.05) is 6.54 Å². The molecule has 0 bridgehead atoms. The van der Waals surface area contributed by atoms with E-state index in [1.165, 1.54) is 38.6 Å². The first kappa shape index (κ1) is 13.4. The van der Waals surface area contributed by atoms with Crippen molar-refractivity contribution in [3.8, 4) is 0 Å². The molecular weight excluding hydrogens is 208 g/mol. The molecule has 2 aliphatic rings. The quantitative estimate of drug-likeness (QED) is 0.765. The smallest absolute Gasteiger partial charge is 0.0110 e. The second-order valence-corrected chi connectivity index (χ2v) is 6.34. The van der Waals surface area contributed by atoms with Gasteiger partial charge in [-0.25, -0.2) is 0 Å². The fraction of sp³-hybridized carbons (Fsp3) is 1.00. The van der Waals surface area contributed by atoms with Crippen LogP contribution in [0.15, 0.2) is 0 Å². The van der Waals surface area contributed by atoms with Gasteiger partial charge < -0.3 is 5.32 Å². The zero-order valence-corrected chi connectivity index (χ0v) is 12.1. The molecule has 0 radical (unpaired) electrons. The minimum Gasteiger partial charge on any atom is -0.314 e. The molecule has 2 fully saturated rings. The summed E-state index contributed by atoms with van der Waals surface area (Å²) in [5.74, 6) is 0.769. The highest BCUT2D eigenvalue weighted by Gasteiger charge is 2.35. The van der Waals surface area contributed by atoms with E-state index >= 15 is 0 Å². The van der Waals surface area contributed by atoms with Gasteiger partial charge in [0.05, 0.1) is 0 Å². The number of rotatable bonds is 6. The molecule has 1 saturated heterocycles. The van der Waals surface area contributed by atoms with Crippen molar-refractivity contribution in [2.45, 2.75) is 84.0 Å². The summed E-state index contributed by atoms with van der Waals surface area (Å²) in [6.07, 6.45) is 6.92.